The molecule has 0 atom stereocenters. The number of carboxylic acid groups (broad SMARTS) is 2. The molecule has 2 aromatic carbocycles. The number of rotatable bonds is 3. The number of ether oxygens (including phenoxy) is 2. The molecule has 1 aliphatic heterocycles. The fourth-order valence-corrected chi connectivity index (χ4v) is 4.53. The number of hydrogen-bond acceptors (Lipinski definition) is 6. The average Bonchev–Trinajstić information content (AvgIpc) is 3.45. The number of methoxy groups -OCH3 is 1. The van der Waals surface area contributed by atoms with Crippen LogP contribution in [-0.2, 0) is 26.5 Å². The quantitative estimate of drug-likeness (QED) is 0.410. The van der Waals surface area contributed by atoms with Crippen molar-refractivity contribution in [3.8, 4) is 34.0 Å². The summed E-state index contributed by atoms with van der Waals surface area (Å²) >= 11 is 0. The third kappa shape index (κ3) is 3.78. The number of nitrogens with one attached hydrogen (secondary N) is 1. The van der Waals surface area contributed by atoms with E-state index in [9.17, 15) is 9.59 Å². The van der Waals surface area contributed by atoms with Crippen LogP contribution in [0.15, 0.2) is 42.5 Å². The Bertz CT molecular complexity index is 1470. The van der Waals surface area contributed by atoms with Gasteiger partial charge >= 0.3 is 11.9 Å². The van der Waals surface area contributed by atoms with Crippen LogP contribution in [-0.4, -0.2) is 49.2 Å². The highest BCUT2D eigenvalue weighted by atomic mass is 16.5. The lowest BCUT2D eigenvalue weighted by Gasteiger charge is -2.16. The SMILES string of the molecule is COc1ccc2c(c1)CCc1c-2n[nH]c1C(=O)O.Cn1nc2c(c1C(=O)O)COc1ccccc1-2. The van der Waals surface area contributed by atoms with Crippen LogP contribution in [0.25, 0.3) is 22.5 Å². The summed E-state index contributed by atoms with van der Waals surface area (Å²) in [6.45, 7) is 0.252. The van der Waals surface area contributed by atoms with Gasteiger partial charge < -0.3 is 19.7 Å². The Morgan fingerprint density at radius 3 is 2.57 bits per heavy atom. The summed E-state index contributed by atoms with van der Waals surface area (Å²) in [4.78, 5) is 22.2. The molecule has 0 amide bonds. The molecule has 178 valence electrons. The maximum absolute atomic E-state index is 11.2. The zero-order valence-corrected chi connectivity index (χ0v) is 19.0. The molecule has 0 bridgehead atoms. The average molecular weight is 474 g/mol. The molecule has 6 rings (SSSR count). The number of carbonyl (C=O) groups is 2. The summed E-state index contributed by atoms with van der Waals surface area (Å²) in [5.74, 6) is -0.383. The molecule has 0 saturated heterocycles. The van der Waals surface area contributed by atoms with Gasteiger partial charge in [0.2, 0.25) is 0 Å². The number of aromatic amines is 1. The smallest absolute Gasteiger partial charge is 0.354 e. The Labute approximate surface area is 199 Å². The lowest BCUT2D eigenvalue weighted by atomic mass is 9.89. The van der Waals surface area contributed by atoms with Crippen molar-refractivity contribution in [3.05, 3.63) is 70.5 Å². The van der Waals surface area contributed by atoms with Gasteiger partial charge in [0.25, 0.3) is 0 Å². The van der Waals surface area contributed by atoms with E-state index in [1.54, 1.807) is 14.2 Å². The molecule has 4 aromatic rings. The van der Waals surface area contributed by atoms with Crippen molar-refractivity contribution in [2.24, 2.45) is 7.05 Å². The molecule has 0 fully saturated rings. The lowest BCUT2D eigenvalue weighted by molar-refractivity contribution is 0.0674. The van der Waals surface area contributed by atoms with Gasteiger partial charge in [0.05, 0.1) is 18.4 Å². The number of H-pyrrole nitrogens is 1. The van der Waals surface area contributed by atoms with E-state index in [1.807, 2.05) is 42.5 Å². The Morgan fingerprint density at radius 1 is 1.03 bits per heavy atom. The number of carboxylic acids is 2. The molecule has 0 saturated carbocycles. The van der Waals surface area contributed by atoms with Gasteiger partial charge in [-0.2, -0.15) is 10.2 Å². The van der Waals surface area contributed by atoms with Crippen LogP contribution in [0, 0.1) is 0 Å². The van der Waals surface area contributed by atoms with Crippen molar-refractivity contribution in [3.63, 3.8) is 0 Å². The van der Waals surface area contributed by atoms with E-state index in [4.69, 9.17) is 19.7 Å². The second-order valence-electron chi connectivity index (χ2n) is 8.14. The molecule has 10 heteroatoms. The summed E-state index contributed by atoms with van der Waals surface area (Å²) in [6, 6.07) is 13.3. The molecule has 2 aromatic heterocycles. The lowest BCUT2D eigenvalue weighted by Crippen LogP contribution is -2.11. The van der Waals surface area contributed by atoms with E-state index >= 15 is 0 Å². The van der Waals surface area contributed by atoms with Crippen LogP contribution in [0.4, 0.5) is 0 Å². The van der Waals surface area contributed by atoms with Crippen LogP contribution in [0.2, 0.25) is 0 Å². The van der Waals surface area contributed by atoms with Crippen LogP contribution in [0.5, 0.6) is 11.5 Å². The van der Waals surface area contributed by atoms with Crippen molar-refractivity contribution in [1.82, 2.24) is 20.0 Å². The number of para-hydroxylation sites is 1. The number of fused-ring (bicyclic) bond motifs is 6. The molecule has 1 aliphatic carbocycles. The van der Waals surface area contributed by atoms with Crippen LogP contribution in [0.3, 0.4) is 0 Å². The maximum atomic E-state index is 11.2. The minimum Gasteiger partial charge on any atom is -0.497 e. The normalized spacial score (nSPS) is 12.6. The molecule has 0 spiro atoms. The van der Waals surface area contributed by atoms with Gasteiger partial charge in [-0.3, -0.25) is 9.78 Å². The zero-order chi connectivity index (χ0) is 24.7. The second kappa shape index (κ2) is 8.64. The van der Waals surface area contributed by atoms with Gasteiger partial charge in [-0.1, -0.05) is 12.1 Å². The van der Waals surface area contributed by atoms with Gasteiger partial charge in [-0.15, -0.1) is 0 Å². The summed E-state index contributed by atoms with van der Waals surface area (Å²) in [5.41, 5.74) is 6.24. The van der Waals surface area contributed by atoms with E-state index in [0.717, 1.165) is 45.9 Å². The Morgan fingerprint density at radius 2 is 1.83 bits per heavy atom. The monoisotopic (exact) mass is 474 g/mol. The fraction of sp³-hybridized carbons (Fsp3) is 0.200. The molecular weight excluding hydrogens is 452 g/mol. The third-order valence-electron chi connectivity index (χ3n) is 6.15. The van der Waals surface area contributed by atoms with Crippen molar-refractivity contribution in [2.45, 2.75) is 19.4 Å². The maximum Gasteiger partial charge on any atom is 0.354 e. The van der Waals surface area contributed by atoms with Gasteiger partial charge in [0, 0.05) is 23.7 Å². The molecule has 3 heterocycles. The highest BCUT2D eigenvalue weighted by Gasteiger charge is 2.28. The Balaban J connectivity index is 0.000000145. The van der Waals surface area contributed by atoms with E-state index in [2.05, 4.69) is 15.3 Å². The van der Waals surface area contributed by atoms with Crippen molar-refractivity contribution >= 4 is 11.9 Å². The largest absolute Gasteiger partial charge is 0.497 e. The van der Waals surface area contributed by atoms with Crippen molar-refractivity contribution in [2.75, 3.05) is 7.11 Å². The van der Waals surface area contributed by atoms with Crippen LogP contribution >= 0.6 is 0 Å². The number of benzene rings is 2. The van der Waals surface area contributed by atoms with E-state index < -0.39 is 11.9 Å². The highest BCUT2D eigenvalue weighted by molar-refractivity contribution is 5.91. The minimum absolute atomic E-state index is 0.189. The number of aromatic nitrogens is 4. The van der Waals surface area contributed by atoms with Gasteiger partial charge in [0.15, 0.2) is 5.69 Å². The second-order valence-corrected chi connectivity index (χ2v) is 8.14. The van der Waals surface area contributed by atoms with Gasteiger partial charge in [-0.25, -0.2) is 9.59 Å². The minimum atomic E-state index is -0.982. The molecule has 0 unspecified atom stereocenters. The number of hydrogen-bond donors (Lipinski definition) is 3. The summed E-state index contributed by atoms with van der Waals surface area (Å²) < 4.78 is 12.1. The first kappa shape index (κ1) is 22.2. The van der Waals surface area contributed by atoms with Crippen LogP contribution < -0.4 is 9.47 Å². The predicted octanol–water partition coefficient (Wildman–Crippen LogP) is 3.56. The molecule has 3 N–H and O–H groups in total. The zero-order valence-electron chi connectivity index (χ0n) is 19.0. The topological polar surface area (TPSA) is 140 Å². The van der Waals surface area contributed by atoms with E-state index in [1.165, 1.54) is 4.68 Å². The van der Waals surface area contributed by atoms with Crippen molar-refractivity contribution < 1.29 is 29.3 Å². The summed E-state index contributed by atoms with van der Waals surface area (Å²) in [6.07, 6.45) is 1.49. The standard InChI is InChI=1S/C13H12N2O3.C12H10N2O3/c1-18-8-3-5-9-7(6-8)2-4-10-11(9)14-15-12(10)13(16)17;1-14-11(12(15)16)8-6-17-9-5-3-2-4-7(9)10(8)13-14/h3,5-6H,2,4H2,1H3,(H,14,15)(H,16,17);2-5H,6H2,1H3,(H,15,16). The molecule has 10 nitrogen and oxygen atoms in total. The number of aryl methyl sites for hydroxylation is 2. The first-order chi connectivity index (χ1) is 16.9. The fourth-order valence-electron chi connectivity index (χ4n) is 4.53. The Hall–Kier alpha value is -4.60. The summed E-state index contributed by atoms with van der Waals surface area (Å²) in [7, 11) is 3.26. The van der Waals surface area contributed by atoms with E-state index in [-0.39, 0.29) is 18.0 Å². The van der Waals surface area contributed by atoms with Gasteiger partial charge in [-0.05, 0) is 48.7 Å². The molecule has 0 radical (unpaired) electrons. The van der Waals surface area contributed by atoms with E-state index in [0.29, 0.717) is 17.7 Å². The molecular formula is C25H22N4O6. The Kier molecular flexibility index (Phi) is 5.48. The van der Waals surface area contributed by atoms with Crippen molar-refractivity contribution in [1.29, 1.82) is 0 Å². The number of nitrogens with zero attached hydrogens (tertiary/aromatic N) is 3. The first-order valence-corrected chi connectivity index (χ1v) is 10.9. The van der Waals surface area contributed by atoms with Crippen LogP contribution in [0.1, 0.15) is 37.7 Å². The summed E-state index contributed by atoms with van der Waals surface area (Å²) in [5, 5.41) is 29.2. The number of aromatic carboxylic acids is 2. The van der Waals surface area contributed by atoms with Gasteiger partial charge in [0.1, 0.15) is 29.5 Å². The molecule has 35 heavy (non-hydrogen) atoms. The molecule has 2 aliphatic rings. The highest BCUT2D eigenvalue weighted by Crippen LogP contribution is 2.38. The first-order valence-electron chi connectivity index (χ1n) is 10.9. The predicted molar refractivity (Wildman–Crippen MR) is 125 cm³/mol. The third-order valence-corrected chi connectivity index (χ3v) is 6.15.